The van der Waals surface area contributed by atoms with Gasteiger partial charge >= 0.3 is 6.03 Å². The molecule has 1 fully saturated rings. The molecule has 0 aliphatic heterocycles. The summed E-state index contributed by atoms with van der Waals surface area (Å²) in [4.78, 5) is 11.6. The fourth-order valence-corrected chi connectivity index (χ4v) is 2.45. The number of carbonyl (C=O) groups excluding carboxylic acids is 1. The molecule has 0 radical (unpaired) electrons. The lowest BCUT2D eigenvalue weighted by Gasteiger charge is -2.19. The van der Waals surface area contributed by atoms with Crippen LogP contribution in [0.25, 0.3) is 0 Å². The third-order valence-electron chi connectivity index (χ3n) is 3.78. The highest BCUT2D eigenvalue weighted by atomic mass is 16.3. The molecule has 104 valence electrons. The van der Waals surface area contributed by atoms with E-state index in [1.54, 1.807) is 0 Å². The third-order valence-corrected chi connectivity index (χ3v) is 3.78. The molecular formula is C15H22N2O2. The van der Waals surface area contributed by atoms with Crippen LogP contribution in [0, 0.1) is 6.92 Å². The summed E-state index contributed by atoms with van der Waals surface area (Å²) in [5.41, 5.74) is 2.78. The number of aliphatic hydroxyl groups is 1. The summed E-state index contributed by atoms with van der Waals surface area (Å²) in [5, 5.41) is 14.3. The number of rotatable bonds is 6. The van der Waals surface area contributed by atoms with E-state index in [9.17, 15) is 4.79 Å². The molecule has 1 aliphatic rings. The first-order valence-corrected chi connectivity index (χ1v) is 6.87. The normalized spacial score (nSPS) is 15.9. The lowest BCUT2D eigenvalue weighted by molar-refractivity contribution is 0.237. The van der Waals surface area contributed by atoms with Gasteiger partial charge in [0.15, 0.2) is 0 Å². The number of amides is 2. The van der Waals surface area contributed by atoms with Gasteiger partial charge in [0, 0.05) is 25.1 Å². The maximum Gasteiger partial charge on any atom is 0.314 e. The van der Waals surface area contributed by atoms with Gasteiger partial charge in [0.2, 0.25) is 0 Å². The van der Waals surface area contributed by atoms with Crippen molar-refractivity contribution < 1.29 is 9.90 Å². The number of urea groups is 1. The van der Waals surface area contributed by atoms with E-state index < -0.39 is 0 Å². The van der Waals surface area contributed by atoms with Crippen molar-refractivity contribution in [3.05, 3.63) is 35.4 Å². The Morgan fingerprint density at radius 3 is 2.68 bits per heavy atom. The Balaban J connectivity index is 1.86. The van der Waals surface area contributed by atoms with Crippen LogP contribution in [0.1, 0.15) is 30.4 Å². The molecule has 0 aromatic heterocycles. The Bertz CT molecular complexity index is 442. The van der Waals surface area contributed by atoms with Gasteiger partial charge < -0.3 is 15.7 Å². The van der Waals surface area contributed by atoms with Crippen LogP contribution in [0.15, 0.2) is 24.3 Å². The summed E-state index contributed by atoms with van der Waals surface area (Å²) in [5.74, 6) is 0. The molecule has 0 spiro atoms. The lowest BCUT2D eigenvalue weighted by atomic mass is 9.92. The minimum absolute atomic E-state index is 0.105. The van der Waals surface area contributed by atoms with Crippen LogP contribution < -0.4 is 10.6 Å². The molecule has 3 N–H and O–H groups in total. The molecule has 2 rings (SSSR count). The summed E-state index contributed by atoms with van der Waals surface area (Å²) < 4.78 is 0. The SMILES string of the molecule is Cc1ccccc1C1(CNC(=O)NCCCO)CC1. The van der Waals surface area contributed by atoms with Gasteiger partial charge in [-0.15, -0.1) is 0 Å². The van der Waals surface area contributed by atoms with E-state index in [0.29, 0.717) is 19.5 Å². The molecule has 2 amide bonds. The molecule has 4 heteroatoms. The molecular weight excluding hydrogens is 240 g/mol. The fourth-order valence-electron chi connectivity index (χ4n) is 2.45. The van der Waals surface area contributed by atoms with Crippen molar-refractivity contribution in [3.63, 3.8) is 0 Å². The molecule has 4 nitrogen and oxygen atoms in total. The minimum Gasteiger partial charge on any atom is -0.396 e. The van der Waals surface area contributed by atoms with Crippen LogP contribution in [-0.4, -0.2) is 30.8 Å². The number of hydrogen-bond donors (Lipinski definition) is 3. The van der Waals surface area contributed by atoms with E-state index in [4.69, 9.17) is 5.11 Å². The highest BCUT2D eigenvalue weighted by molar-refractivity contribution is 5.74. The molecule has 1 aromatic rings. The van der Waals surface area contributed by atoms with Gasteiger partial charge in [-0.3, -0.25) is 0 Å². The summed E-state index contributed by atoms with van der Waals surface area (Å²) in [6, 6.07) is 8.24. The molecule has 0 atom stereocenters. The second kappa shape index (κ2) is 6.06. The predicted molar refractivity (Wildman–Crippen MR) is 75.2 cm³/mol. The van der Waals surface area contributed by atoms with Crippen LogP contribution in [0.2, 0.25) is 0 Å². The average Bonchev–Trinajstić information content (AvgIpc) is 3.18. The molecule has 0 saturated heterocycles. The maximum absolute atomic E-state index is 11.6. The van der Waals surface area contributed by atoms with Gasteiger partial charge in [0.1, 0.15) is 0 Å². The summed E-state index contributed by atoms with van der Waals surface area (Å²) >= 11 is 0. The minimum atomic E-state index is -0.145. The molecule has 0 heterocycles. The van der Waals surface area contributed by atoms with Crippen molar-refractivity contribution in [3.8, 4) is 0 Å². The maximum atomic E-state index is 11.6. The molecule has 0 bridgehead atoms. The predicted octanol–water partition coefficient (Wildman–Crippen LogP) is 1.71. The van der Waals surface area contributed by atoms with Gasteiger partial charge in [0.25, 0.3) is 0 Å². The van der Waals surface area contributed by atoms with Crippen LogP contribution >= 0.6 is 0 Å². The highest BCUT2D eigenvalue weighted by Gasteiger charge is 2.45. The van der Waals surface area contributed by atoms with Crippen molar-refractivity contribution in [2.75, 3.05) is 19.7 Å². The smallest absolute Gasteiger partial charge is 0.314 e. The van der Waals surface area contributed by atoms with Crippen LogP contribution in [-0.2, 0) is 5.41 Å². The number of aliphatic hydroxyl groups excluding tert-OH is 1. The molecule has 0 unspecified atom stereocenters. The van der Waals surface area contributed by atoms with Gasteiger partial charge in [0.05, 0.1) is 0 Å². The molecule has 19 heavy (non-hydrogen) atoms. The Labute approximate surface area is 114 Å². The van der Waals surface area contributed by atoms with E-state index >= 15 is 0 Å². The average molecular weight is 262 g/mol. The Morgan fingerprint density at radius 2 is 2.05 bits per heavy atom. The van der Waals surface area contributed by atoms with Gasteiger partial charge in [-0.2, -0.15) is 0 Å². The van der Waals surface area contributed by atoms with Gasteiger partial charge in [-0.05, 0) is 37.3 Å². The Hall–Kier alpha value is -1.55. The first-order chi connectivity index (χ1) is 9.18. The first-order valence-electron chi connectivity index (χ1n) is 6.87. The van der Waals surface area contributed by atoms with Crippen LogP contribution in [0.4, 0.5) is 4.79 Å². The highest BCUT2D eigenvalue weighted by Crippen LogP contribution is 2.48. The summed E-state index contributed by atoms with van der Waals surface area (Å²) in [6.45, 7) is 3.42. The summed E-state index contributed by atoms with van der Waals surface area (Å²) in [6.07, 6.45) is 2.86. The van der Waals surface area contributed by atoms with Crippen molar-refractivity contribution >= 4 is 6.03 Å². The van der Waals surface area contributed by atoms with Crippen molar-refractivity contribution in [2.45, 2.75) is 31.6 Å². The second-order valence-electron chi connectivity index (χ2n) is 5.28. The fraction of sp³-hybridized carbons (Fsp3) is 0.533. The Morgan fingerprint density at radius 1 is 1.32 bits per heavy atom. The van der Waals surface area contributed by atoms with Crippen LogP contribution in [0.3, 0.4) is 0 Å². The zero-order chi connectivity index (χ0) is 13.7. The number of benzene rings is 1. The lowest BCUT2D eigenvalue weighted by Crippen LogP contribution is -2.40. The summed E-state index contributed by atoms with van der Waals surface area (Å²) in [7, 11) is 0. The second-order valence-corrected chi connectivity index (χ2v) is 5.28. The van der Waals surface area contributed by atoms with Crippen molar-refractivity contribution in [2.24, 2.45) is 0 Å². The van der Waals surface area contributed by atoms with E-state index in [0.717, 1.165) is 12.8 Å². The van der Waals surface area contributed by atoms with E-state index in [1.165, 1.54) is 11.1 Å². The molecule has 1 saturated carbocycles. The first kappa shape index (κ1) is 13.9. The van der Waals surface area contributed by atoms with E-state index in [2.05, 4.69) is 35.8 Å². The van der Waals surface area contributed by atoms with Gasteiger partial charge in [-0.25, -0.2) is 4.79 Å². The largest absolute Gasteiger partial charge is 0.396 e. The number of aryl methyl sites for hydroxylation is 1. The van der Waals surface area contributed by atoms with Gasteiger partial charge in [-0.1, -0.05) is 24.3 Å². The number of nitrogens with one attached hydrogen (secondary N) is 2. The van der Waals surface area contributed by atoms with Crippen molar-refractivity contribution in [1.82, 2.24) is 10.6 Å². The zero-order valence-corrected chi connectivity index (χ0v) is 11.4. The quantitative estimate of drug-likeness (QED) is 0.683. The van der Waals surface area contributed by atoms with E-state index in [-0.39, 0.29) is 18.1 Å². The number of carbonyl (C=O) groups is 1. The van der Waals surface area contributed by atoms with Crippen molar-refractivity contribution in [1.29, 1.82) is 0 Å². The topological polar surface area (TPSA) is 61.4 Å². The monoisotopic (exact) mass is 262 g/mol. The molecule has 1 aliphatic carbocycles. The zero-order valence-electron chi connectivity index (χ0n) is 11.4. The Kier molecular flexibility index (Phi) is 4.43. The standard InChI is InChI=1S/C15H22N2O2/c1-12-5-2-3-6-13(12)15(7-8-15)11-17-14(19)16-9-4-10-18/h2-3,5-6,18H,4,7-11H2,1H3,(H2,16,17,19). The number of hydrogen-bond acceptors (Lipinski definition) is 2. The van der Waals surface area contributed by atoms with Crippen LogP contribution in [0.5, 0.6) is 0 Å². The third kappa shape index (κ3) is 3.47. The van der Waals surface area contributed by atoms with E-state index in [1.807, 2.05) is 6.07 Å². The molecule has 1 aromatic carbocycles.